The minimum Gasteiger partial charge on any atom is -0.481 e. The molecule has 0 aliphatic heterocycles. The van der Waals surface area contributed by atoms with Gasteiger partial charge in [0.25, 0.3) is 0 Å². The van der Waals surface area contributed by atoms with E-state index in [1.807, 2.05) is 0 Å². The van der Waals surface area contributed by atoms with E-state index in [-0.39, 0.29) is 24.1 Å². The zero-order valence-corrected chi connectivity index (χ0v) is 10.0. The number of carbonyl (C=O) groups is 2. The van der Waals surface area contributed by atoms with Crippen LogP contribution in [0, 0.1) is 5.92 Å². The zero-order chi connectivity index (χ0) is 11.1. The normalized spacial score (nSPS) is 13.8. The number of halogens is 1. The molecule has 0 aromatic carbocycles. The van der Waals surface area contributed by atoms with Crippen LogP contribution in [0.3, 0.4) is 0 Å². The molecule has 0 spiro atoms. The van der Waals surface area contributed by atoms with Crippen molar-refractivity contribution in [2.75, 3.05) is 0 Å². The van der Waals surface area contributed by atoms with E-state index >= 15 is 0 Å². The van der Waals surface area contributed by atoms with Crippen molar-refractivity contribution in [3.05, 3.63) is 0 Å². The van der Waals surface area contributed by atoms with Gasteiger partial charge < -0.3 is 10.8 Å². The molecule has 0 aliphatic rings. The molecule has 0 rings (SSSR count). The number of hydrogen-bond donors (Lipinski definition) is 2. The van der Waals surface area contributed by atoms with E-state index in [4.69, 9.17) is 10.8 Å². The van der Waals surface area contributed by atoms with Crippen molar-refractivity contribution in [2.45, 2.75) is 45.6 Å². The van der Waals surface area contributed by atoms with Crippen LogP contribution in [0.25, 0.3) is 0 Å². The van der Waals surface area contributed by atoms with Gasteiger partial charge in [-0.25, -0.2) is 0 Å². The number of Topliss-reactive ketones (excluding diaryl/α,β-unsaturated/α-hetero) is 1. The van der Waals surface area contributed by atoms with Crippen LogP contribution in [0.5, 0.6) is 0 Å². The first-order chi connectivity index (χ1) is 6.45. The lowest BCUT2D eigenvalue weighted by atomic mass is 10.0. The zero-order valence-electron chi connectivity index (χ0n) is 9.23. The van der Waals surface area contributed by atoms with E-state index in [0.29, 0.717) is 12.8 Å². The third-order valence-corrected chi connectivity index (χ3v) is 2.24. The number of unbranched alkanes of at least 4 members (excludes halogenated alkanes) is 1. The summed E-state index contributed by atoms with van der Waals surface area (Å²) in [6.45, 7) is 3.35. The average Bonchev–Trinajstić information content (AvgIpc) is 2.11. The fourth-order valence-electron chi connectivity index (χ4n) is 1.10. The summed E-state index contributed by atoms with van der Waals surface area (Å²) < 4.78 is 0. The van der Waals surface area contributed by atoms with Crippen molar-refractivity contribution >= 4 is 24.2 Å². The molecular formula is C10H20ClNO3. The van der Waals surface area contributed by atoms with Gasteiger partial charge in [0.1, 0.15) is 5.78 Å². The molecule has 2 atom stereocenters. The van der Waals surface area contributed by atoms with Gasteiger partial charge in [-0.1, -0.05) is 13.3 Å². The highest BCUT2D eigenvalue weighted by Crippen LogP contribution is 2.09. The van der Waals surface area contributed by atoms with Crippen molar-refractivity contribution < 1.29 is 14.7 Å². The molecule has 0 aromatic rings. The molecule has 0 bridgehead atoms. The topological polar surface area (TPSA) is 80.4 Å². The molecule has 90 valence electrons. The summed E-state index contributed by atoms with van der Waals surface area (Å²) in [5.74, 6) is -1.04. The number of ketones is 1. The van der Waals surface area contributed by atoms with Gasteiger partial charge in [-0.2, -0.15) is 0 Å². The number of carbonyl (C=O) groups excluding carboxylic acids is 1. The Bertz CT molecular complexity index is 207. The van der Waals surface area contributed by atoms with Crippen LogP contribution in [0.1, 0.15) is 39.5 Å². The molecule has 0 unspecified atom stereocenters. The third kappa shape index (κ3) is 8.39. The largest absolute Gasteiger partial charge is 0.481 e. The van der Waals surface area contributed by atoms with Gasteiger partial charge in [0.2, 0.25) is 0 Å². The maximum Gasteiger partial charge on any atom is 0.306 e. The van der Waals surface area contributed by atoms with E-state index in [1.165, 1.54) is 0 Å². The Balaban J connectivity index is 0. The standard InChI is InChI=1S/C10H19NO3.ClH/c1-7(10(13)14)5-3-4-6-9(12)8(2)11;/h7-8H,3-6,11H2,1-2H3,(H,13,14);1H/t7-,8+;/m1./s1. The van der Waals surface area contributed by atoms with Crippen LogP contribution in [-0.2, 0) is 9.59 Å². The number of aliphatic carboxylic acids is 1. The Labute approximate surface area is 96.6 Å². The SMILES string of the molecule is C[C@H](N)C(=O)CCCC[C@@H](C)C(=O)O.Cl. The first kappa shape index (κ1) is 16.8. The van der Waals surface area contributed by atoms with Crippen LogP contribution >= 0.6 is 12.4 Å². The number of carboxylic acids is 1. The summed E-state index contributed by atoms with van der Waals surface area (Å²) in [6, 6.07) is -0.396. The summed E-state index contributed by atoms with van der Waals surface area (Å²) >= 11 is 0. The third-order valence-electron chi connectivity index (χ3n) is 2.24. The van der Waals surface area contributed by atoms with Crippen molar-refractivity contribution in [1.82, 2.24) is 0 Å². The summed E-state index contributed by atoms with van der Waals surface area (Å²) in [4.78, 5) is 21.5. The highest BCUT2D eigenvalue weighted by molar-refractivity contribution is 5.85. The fourth-order valence-corrected chi connectivity index (χ4v) is 1.10. The van der Waals surface area contributed by atoms with Crippen LogP contribution in [0.2, 0.25) is 0 Å². The van der Waals surface area contributed by atoms with Crippen molar-refractivity contribution in [3.8, 4) is 0 Å². The van der Waals surface area contributed by atoms with Gasteiger partial charge in [-0.15, -0.1) is 12.4 Å². The van der Waals surface area contributed by atoms with Gasteiger partial charge in [-0.05, 0) is 19.8 Å². The van der Waals surface area contributed by atoms with E-state index in [2.05, 4.69) is 0 Å². The molecule has 0 radical (unpaired) electrons. The molecule has 0 fully saturated rings. The Morgan fingerprint density at radius 1 is 1.27 bits per heavy atom. The number of nitrogens with two attached hydrogens (primary N) is 1. The van der Waals surface area contributed by atoms with E-state index in [9.17, 15) is 9.59 Å². The molecule has 0 heterocycles. The Morgan fingerprint density at radius 3 is 2.20 bits per heavy atom. The highest BCUT2D eigenvalue weighted by Gasteiger charge is 2.11. The molecule has 0 saturated carbocycles. The molecule has 0 saturated heterocycles. The maximum absolute atomic E-state index is 11.1. The Morgan fingerprint density at radius 2 is 1.80 bits per heavy atom. The Kier molecular flexibility index (Phi) is 9.72. The number of hydrogen-bond acceptors (Lipinski definition) is 3. The van der Waals surface area contributed by atoms with E-state index < -0.39 is 12.0 Å². The maximum atomic E-state index is 11.1. The van der Waals surface area contributed by atoms with Gasteiger partial charge in [0.15, 0.2) is 0 Å². The predicted octanol–water partition coefficient (Wildman–Crippen LogP) is 1.61. The monoisotopic (exact) mass is 237 g/mol. The van der Waals surface area contributed by atoms with Crippen molar-refractivity contribution in [3.63, 3.8) is 0 Å². The molecule has 5 heteroatoms. The smallest absolute Gasteiger partial charge is 0.306 e. The minimum absolute atomic E-state index is 0. The van der Waals surface area contributed by atoms with Crippen LogP contribution in [0.15, 0.2) is 0 Å². The van der Waals surface area contributed by atoms with Crippen molar-refractivity contribution in [1.29, 1.82) is 0 Å². The lowest BCUT2D eigenvalue weighted by Gasteiger charge is -2.06. The number of rotatable bonds is 7. The molecule has 4 nitrogen and oxygen atoms in total. The first-order valence-corrected chi connectivity index (χ1v) is 4.96. The molecular weight excluding hydrogens is 218 g/mol. The second kappa shape index (κ2) is 8.68. The van der Waals surface area contributed by atoms with Crippen LogP contribution in [-0.4, -0.2) is 22.9 Å². The van der Waals surface area contributed by atoms with Gasteiger partial charge >= 0.3 is 5.97 Å². The van der Waals surface area contributed by atoms with Crippen LogP contribution in [0.4, 0.5) is 0 Å². The van der Waals surface area contributed by atoms with E-state index in [1.54, 1.807) is 13.8 Å². The van der Waals surface area contributed by atoms with Gasteiger partial charge in [0, 0.05) is 6.42 Å². The predicted molar refractivity (Wildman–Crippen MR) is 61.2 cm³/mol. The summed E-state index contributed by atoms with van der Waals surface area (Å²) in [5, 5.41) is 8.59. The molecule has 0 aromatic heterocycles. The second-order valence-electron chi connectivity index (χ2n) is 3.74. The molecule has 0 aliphatic carbocycles. The Hall–Kier alpha value is -0.610. The molecule has 3 N–H and O–H groups in total. The summed E-state index contributed by atoms with van der Waals surface area (Å²) in [6.07, 6.45) is 2.59. The summed E-state index contributed by atoms with van der Waals surface area (Å²) in [7, 11) is 0. The molecule has 15 heavy (non-hydrogen) atoms. The lowest BCUT2D eigenvalue weighted by molar-refractivity contribution is -0.141. The fraction of sp³-hybridized carbons (Fsp3) is 0.800. The van der Waals surface area contributed by atoms with Crippen LogP contribution < -0.4 is 5.73 Å². The first-order valence-electron chi connectivity index (χ1n) is 4.96. The minimum atomic E-state index is -0.775. The van der Waals surface area contributed by atoms with E-state index in [0.717, 1.165) is 12.8 Å². The quantitative estimate of drug-likeness (QED) is 0.660. The second-order valence-corrected chi connectivity index (χ2v) is 3.74. The summed E-state index contributed by atoms with van der Waals surface area (Å²) in [5.41, 5.74) is 5.38. The lowest BCUT2D eigenvalue weighted by Crippen LogP contribution is -2.26. The average molecular weight is 238 g/mol. The van der Waals surface area contributed by atoms with Gasteiger partial charge in [-0.3, -0.25) is 9.59 Å². The molecule has 0 amide bonds. The van der Waals surface area contributed by atoms with Crippen molar-refractivity contribution in [2.24, 2.45) is 11.7 Å². The highest BCUT2D eigenvalue weighted by atomic mass is 35.5. The van der Waals surface area contributed by atoms with Gasteiger partial charge in [0.05, 0.1) is 12.0 Å². The number of carboxylic acid groups (broad SMARTS) is 1.